The van der Waals surface area contributed by atoms with Crippen molar-refractivity contribution in [1.82, 2.24) is 15.0 Å². The molecule has 7 heteroatoms. The maximum Gasteiger partial charge on any atom is 0.246 e. The van der Waals surface area contributed by atoms with Crippen molar-refractivity contribution in [2.45, 2.75) is 19.4 Å². The van der Waals surface area contributed by atoms with Crippen molar-refractivity contribution in [2.24, 2.45) is 0 Å². The highest BCUT2D eigenvalue weighted by Crippen LogP contribution is 2.21. The summed E-state index contributed by atoms with van der Waals surface area (Å²) in [6.07, 6.45) is 1.07. The highest BCUT2D eigenvalue weighted by molar-refractivity contribution is 7.13. The van der Waals surface area contributed by atoms with Gasteiger partial charge in [0.1, 0.15) is 5.75 Å². The fraction of sp³-hybridized carbons (Fsp3) is 0.278. The average molecular weight is 357 g/mol. The van der Waals surface area contributed by atoms with Crippen molar-refractivity contribution < 1.29 is 14.1 Å². The standard InChI is InChI=1S/C18H19N3O3S/c1-21(13-16-19-18(20-24-16)15-9-6-12-25-15)17(22)10-5-11-23-14-7-3-2-4-8-14/h2-4,6-9,12H,5,10-11,13H2,1H3. The smallest absolute Gasteiger partial charge is 0.246 e. The fourth-order valence-electron chi connectivity index (χ4n) is 2.24. The van der Waals surface area contributed by atoms with Crippen LogP contribution in [0.25, 0.3) is 10.7 Å². The summed E-state index contributed by atoms with van der Waals surface area (Å²) < 4.78 is 10.8. The third kappa shape index (κ3) is 4.90. The van der Waals surface area contributed by atoms with Gasteiger partial charge >= 0.3 is 0 Å². The molecule has 0 unspecified atom stereocenters. The zero-order valence-electron chi connectivity index (χ0n) is 13.9. The van der Waals surface area contributed by atoms with Gasteiger partial charge in [0.2, 0.25) is 17.6 Å². The predicted molar refractivity (Wildman–Crippen MR) is 95.3 cm³/mol. The molecule has 3 rings (SSSR count). The molecule has 0 aliphatic rings. The number of aromatic nitrogens is 2. The predicted octanol–water partition coefficient (Wildman–Crippen LogP) is 3.62. The minimum Gasteiger partial charge on any atom is -0.494 e. The summed E-state index contributed by atoms with van der Waals surface area (Å²) in [6, 6.07) is 13.4. The number of benzene rings is 1. The third-order valence-corrected chi connectivity index (χ3v) is 4.42. The normalized spacial score (nSPS) is 10.6. The van der Waals surface area contributed by atoms with E-state index in [0.717, 1.165) is 10.6 Å². The zero-order valence-corrected chi connectivity index (χ0v) is 14.7. The lowest BCUT2D eigenvalue weighted by Crippen LogP contribution is -2.26. The van der Waals surface area contributed by atoms with Crippen molar-refractivity contribution in [3.63, 3.8) is 0 Å². The SMILES string of the molecule is CN(Cc1nc(-c2cccs2)no1)C(=O)CCCOc1ccccc1. The molecule has 0 atom stereocenters. The second-order valence-corrected chi connectivity index (χ2v) is 6.45. The van der Waals surface area contributed by atoms with Crippen LogP contribution in [0, 0.1) is 0 Å². The molecule has 130 valence electrons. The van der Waals surface area contributed by atoms with E-state index in [1.807, 2.05) is 47.8 Å². The van der Waals surface area contributed by atoms with Gasteiger partial charge in [-0.1, -0.05) is 29.4 Å². The van der Waals surface area contributed by atoms with E-state index in [9.17, 15) is 4.79 Å². The van der Waals surface area contributed by atoms with Crippen LogP contribution in [-0.4, -0.2) is 34.6 Å². The number of para-hydroxylation sites is 1. The largest absolute Gasteiger partial charge is 0.494 e. The molecule has 0 spiro atoms. The van der Waals surface area contributed by atoms with Gasteiger partial charge in [-0.2, -0.15) is 4.98 Å². The summed E-state index contributed by atoms with van der Waals surface area (Å²) in [5.74, 6) is 1.82. The van der Waals surface area contributed by atoms with Crippen LogP contribution in [0.1, 0.15) is 18.7 Å². The molecule has 2 aromatic heterocycles. The first kappa shape index (κ1) is 17.2. The highest BCUT2D eigenvalue weighted by atomic mass is 32.1. The highest BCUT2D eigenvalue weighted by Gasteiger charge is 2.15. The van der Waals surface area contributed by atoms with Crippen molar-refractivity contribution in [3.05, 3.63) is 53.7 Å². The summed E-state index contributed by atoms with van der Waals surface area (Å²) >= 11 is 1.55. The Morgan fingerprint density at radius 1 is 1.24 bits per heavy atom. The van der Waals surface area contributed by atoms with Crippen LogP contribution in [0.2, 0.25) is 0 Å². The lowest BCUT2D eigenvalue weighted by Gasteiger charge is -2.14. The lowest BCUT2D eigenvalue weighted by molar-refractivity contribution is -0.131. The van der Waals surface area contributed by atoms with E-state index >= 15 is 0 Å². The Bertz CT molecular complexity index is 787. The molecule has 0 aliphatic heterocycles. The van der Waals surface area contributed by atoms with Crippen LogP contribution in [0.3, 0.4) is 0 Å². The molecular weight excluding hydrogens is 338 g/mol. The third-order valence-electron chi connectivity index (χ3n) is 3.55. The van der Waals surface area contributed by atoms with Gasteiger partial charge in [-0.15, -0.1) is 11.3 Å². The molecule has 25 heavy (non-hydrogen) atoms. The minimum absolute atomic E-state index is 0.0209. The van der Waals surface area contributed by atoms with E-state index in [2.05, 4.69) is 10.1 Å². The van der Waals surface area contributed by atoms with Gasteiger partial charge in [-0.3, -0.25) is 4.79 Å². The van der Waals surface area contributed by atoms with Crippen molar-refractivity contribution in [3.8, 4) is 16.5 Å². The van der Waals surface area contributed by atoms with Gasteiger partial charge in [0, 0.05) is 13.5 Å². The second kappa shape index (κ2) is 8.43. The first-order valence-electron chi connectivity index (χ1n) is 8.00. The molecule has 0 radical (unpaired) electrons. The second-order valence-electron chi connectivity index (χ2n) is 5.50. The Hall–Kier alpha value is -2.67. The monoisotopic (exact) mass is 357 g/mol. The van der Waals surface area contributed by atoms with E-state index in [0.29, 0.717) is 37.7 Å². The van der Waals surface area contributed by atoms with Crippen LogP contribution < -0.4 is 4.74 Å². The molecule has 2 heterocycles. The lowest BCUT2D eigenvalue weighted by atomic mass is 10.3. The molecule has 6 nitrogen and oxygen atoms in total. The number of carbonyl (C=O) groups is 1. The van der Waals surface area contributed by atoms with Crippen LogP contribution in [0.15, 0.2) is 52.4 Å². The van der Waals surface area contributed by atoms with Gasteiger partial charge in [0.05, 0.1) is 18.0 Å². The number of hydrogen-bond acceptors (Lipinski definition) is 6. The number of nitrogens with zero attached hydrogens (tertiary/aromatic N) is 3. The van der Waals surface area contributed by atoms with Gasteiger partial charge in [-0.05, 0) is 30.0 Å². The molecule has 0 saturated heterocycles. The molecule has 1 amide bonds. The van der Waals surface area contributed by atoms with E-state index in [4.69, 9.17) is 9.26 Å². The number of carbonyl (C=O) groups excluding carboxylic acids is 1. The average Bonchev–Trinajstić information content (AvgIpc) is 3.31. The van der Waals surface area contributed by atoms with Gasteiger partial charge in [-0.25, -0.2) is 0 Å². The molecule has 0 fully saturated rings. The summed E-state index contributed by atoms with van der Waals surface area (Å²) in [4.78, 5) is 19.0. The summed E-state index contributed by atoms with van der Waals surface area (Å²) in [5, 5.41) is 5.90. The van der Waals surface area contributed by atoms with Gasteiger partial charge in [0.25, 0.3) is 0 Å². The maximum absolute atomic E-state index is 12.2. The first-order chi connectivity index (χ1) is 12.2. The van der Waals surface area contributed by atoms with Crippen LogP contribution in [0.4, 0.5) is 0 Å². The zero-order chi connectivity index (χ0) is 17.5. The number of amides is 1. The van der Waals surface area contributed by atoms with Gasteiger partial charge in [0.15, 0.2) is 0 Å². The Kier molecular flexibility index (Phi) is 5.79. The van der Waals surface area contributed by atoms with E-state index in [1.54, 1.807) is 23.3 Å². The molecule has 3 aromatic rings. The number of thiophene rings is 1. The van der Waals surface area contributed by atoms with Crippen LogP contribution in [0.5, 0.6) is 5.75 Å². The van der Waals surface area contributed by atoms with E-state index < -0.39 is 0 Å². The van der Waals surface area contributed by atoms with Crippen molar-refractivity contribution in [1.29, 1.82) is 0 Å². The number of rotatable bonds is 8. The topological polar surface area (TPSA) is 68.5 Å². The van der Waals surface area contributed by atoms with Crippen molar-refractivity contribution >= 4 is 17.2 Å². The number of ether oxygens (including phenoxy) is 1. The molecular formula is C18H19N3O3S. The fourth-order valence-corrected chi connectivity index (χ4v) is 2.89. The molecule has 1 aromatic carbocycles. The summed E-state index contributed by atoms with van der Waals surface area (Å²) in [7, 11) is 1.73. The molecule has 0 saturated carbocycles. The number of hydrogen-bond donors (Lipinski definition) is 0. The van der Waals surface area contributed by atoms with Crippen LogP contribution in [-0.2, 0) is 11.3 Å². The quantitative estimate of drug-likeness (QED) is 0.576. The van der Waals surface area contributed by atoms with E-state index in [-0.39, 0.29) is 5.91 Å². The first-order valence-corrected chi connectivity index (χ1v) is 8.88. The minimum atomic E-state index is 0.0209. The van der Waals surface area contributed by atoms with Crippen LogP contribution >= 0.6 is 11.3 Å². The molecule has 0 N–H and O–H groups in total. The molecule has 0 bridgehead atoms. The summed E-state index contributed by atoms with van der Waals surface area (Å²) in [6.45, 7) is 0.809. The Morgan fingerprint density at radius 2 is 2.08 bits per heavy atom. The molecule has 0 aliphatic carbocycles. The Balaban J connectivity index is 1.42. The van der Waals surface area contributed by atoms with Gasteiger partial charge < -0.3 is 14.2 Å². The Morgan fingerprint density at radius 3 is 2.84 bits per heavy atom. The maximum atomic E-state index is 12.2. The summed E-state index contributed by atoms with van der Waals surface area (Å²) in [5.41, 5.74) is 0. The van der Waals surface area contributed by atoms with Crippen molar-refractivity contribution in [2.75, 3.05) is 13.7 Å². The Labute approximate surface area is 150 Å². The van der Waals surface area contributed by atoms with E-state index in [1.165, 1.54) is 0 Å².